The van der Waals surface area contributed by atoms with Crippen molar-refractivity contribution in [3.63, 3.8) is 0 Å². The molecule has 0 atom stereocenters. The topological polar surface area (TPSA) is 54.7 Å². The lowest BCUT2D eigenvalue weighted by molar-refractivity contribution is 0.590. The maximum Gasteiger partial charge on any atom is 0.134 e. The van der Waals surface area contributed by atoms with Crippen molar-refractivity contribution in [2.45, 2.75) is 32.7 Å². The van der Waals surface area contributed by atoms with Crippen LogP contribution in [0.4, 0.5) is 0 Å². The van der Waals surface area contributed by atoms with Crippen LogP contribution in [0.15, 0.2) is 24.3 Å². The quantitative estimate of drug-likeness (QED) is 0.871. The van der Waals surface area contributed by atoms with Gasteiger partial charge in [0.2, 0.25) is 0 Å². The highest BCUT2D eigenvalue weighted by atomic mass is 35.5. The van der Waals surface area contributed by atoms with Gasteiger partial charge in [0, 0.05) is 5.56 Å². The van der Waals surface area contributed by atoms with Crippen LogP contribution in [0.2, 0.25) is 5.15 Å². The van der Waals surface area contributed by atoms with E-state index in [2.05, 4.69) is 42.9 Å². The van der Waals surface area contributed by atoms with Crippen molar-refractivity contribution < 1.29 is 0 Å². The molecule has 0 saturated heterocycles. The molecule has 1 heterocycles. The van der Waals surface area contributed by atoms with Gasteiger partial charge < -0.3 is 10.7 Å². The van der Waals surface area contributed by atoms with E-state index in [1.807, 2.05) is 12.1 Å². The van der Waals surface area contributed by atoms with Crippen LogP contribution in [0, 0.1) is 0 Å². The maximum absolute atomic E-state index is 6.11. The average Bonchev–Trinajstić information content (AvgIpc) is 2.70. The van der Waals surface area contributed by atoms with Crippen LogP contribution < -0.4 is 5.73 Å². The smallest absolute Gasteiger partial charge is 0.134 e. The van der Waals surface area contributed by atoms with Gasteiger partial charge in [-0.15, -0.1) is 0 Å². The number of benzene rings is 1. The van der Waals surface area contributed by atoms with Crippen LogP contribution in [0.1, 0.15) is 32.2 Å². The summed E-state index contributed by atoms with van der Waals surface area (Å²) in [4.78, 5) is 7.34. The Morgan fingerprint density at radius 2 is 1.83 bits per heavy atom. The standard InChI is InChI=1S/C14H18ClN3/c1-14(2,3)10-6-4-9(5-7-10)12-13(15)18-11(8-16)17-12/h4-7H,8,16H2,1-3H3,(H,17,18). The molecule has 0 saturated carbocycles. The van der Waals surface area contributed by atoms with Gasteiger partial charge in [-0.05, 0) is 11.0 Å². The molecule has 1 aromatic carbocycles. The molecule has 0 aliphatic carbocycles. The Morgan fingerprint density at radius 1 is 1.22 bits per heavy atom. The first-order valence-electron chi connectivity index (χ1n) is 5.97. The summed E-state index contributed by atoms with van der Waals surface area (Å²) >= 11 is 6.11. The minimum absolute atomic E-state index is 0.149. The molecule has 3 nitrogen and oxygen atoms in total. The molecule has 1 aromatic heterocycles. The first-order valence-corrected chi connectivity index (χ1v) is 6.35. The van der Waals surface area contributed by atoms with Gasteiger partial charge in [-0.2, -0.15) is 0 Å². The third kappa shape index (κ3) is 2.57. The van der Waals surface area contributed by atoms with Gasteiger partial charge in [0.05, 0.1) is 6.54 Å². The van der Waals surface area contributed by atoms with Gasteiger partial charge in [-0.1, -0.05) is 56.6 Å². The molecule has 0 aliphatic heterocycles. The van der Waals surface area contributed by atoms with Crippen molar-refractivity contribution in [2.75, 3.05) is 0 Å². The van der Waals surface area contributed by atoms with E-state index in [-0.39, 0.29) is 5.41 Å². The van der Waals surface area contributed by atoms with Crippen LogP contribution in [0.3, 0.4) is 0 Å². The summed E-state index contributed by atoms with van der Waals surface area (Å²) in [6.07, 6.45) is 0. The number of halogens is 1. The fourth-order valence-corrected chi connectivity index (χ4v) is 2.07. The van der Waals surface area contributed by atoms with Gasteiger partial charge >= 0.3 is 0 Å². The summed E-state index contributed by atoms with van der Waals surface area (Å²) in [5.74, 6) is 0.704. The highest BCUT2D eigenvalue weighted by Crippen LogP contribution is 2.28. The summed E-state index contributed by atoms with van der Waals surface area (Å²) < 4.78 is 0. The normalized spacial score (nSPS) is 11.8. The summed E-state index contributed by atoms with van der Waals surface area (Å²) in [6.45, 7) is 6.93. The van der Waals surface area contributed by atoms with E-state index in [9.17, 15) is 0 Å². The molecule has 0 aliphatic rings. The number of nitrogens with zero attached hydrogens (tertiary/aromatic N) is 1. The number of aromatic amines is 1. The number of imidazole rings is 1. The summed E-state index contributed by atoms with van der Waals surface area (Å²) in [7, 11) is 0. The lowest BCUT2D eigenvalue weighted by Gasteiger charge is -2.18. The minimum atomic E-state index is 0.149. The Bertz CT molecular complexity index is 535. The Kier molecular flexibility index (Phi) is 3.46. The lowest BCUT2D eigenvalue weighted by Crippen LogP contribution is -2.10. The maximum atomic E-state index is 6.11. The molecular formula is C14H18ClN3. The molecule has 0 amide bonds. The number of hydrogen-bond acceptors (Lipinski definition) is 2. The highest BCUT2D eigenvalue weighted by Gasteiger charge is 2.14. The van der Waals surface area contributed by atoms with Crippen molar-refractivity contribution in [2.24, 2.45) is 5.73 Å². The van der Waals surface area contributed by atoms with Crippen molar-refractivity contribution in [3.8, 4) is 11.3 Å². The van der Waals surface area contributed by atoms with E-state index in [4.69, 9.17) is 17.3 Å². The van der Waals surface area contributed by atoms with Crippen molar-refractivity contribution in [1.82, 2.24) is 9.97 Å². The van der Waals surface area contributed by atoms with Crippen molar-refractivity contribution in [1.29, 1.82) is 0 Å². The zero-order valence-corrected chi connectivity index (χ0v) is 11.7. The molecule has 2 aromatic rings. The van der Waals surface area contributed by atoms with Crippen LogP contribution in [-0.2, 0) is 12.0 Å². The van der Waals surface area contributed by atoms with Crippen LogP contribution in [0.25, 0.3) is 11.3 Å². The minimum Gasteiger partial charge on any atom is -0.331 e. The third-order valence-corrected chi connectivity index (χ3v) is 3.20. The molecule has 18 heavy (non-hydrogen) atoms. The molecule has 0 unspecified atom stereocenters. The monoisotopic (exact) mass is 263 g/mol. The van der Waals surface area contributed by atoms with E-state index < -0.39 is 0 Å². The predicted octanol–water partition coefficient (Wildman–Crippen LogP) is 3.49. The Hall–Kier alpha value is -1.32. The SMILES string of the molecule is CC(C)(C)c1ccc(-c2nc(CN)[nH]c2Cl)cc1. The predicted molar refractivity (Wildman–Crippen MR) is 75.6 cm³/mol. The van der Waals surface area contributed by atoms with E-state index in [0.29, 0.717) is 17.5 Å². The first kappa shape index (κ1) is 13.1. The number of rotatable bonds is 2. The molecule has 3 N–H and O–H groups in total. The van der Waals surface area contributed by atoms with Gasteiger partial charge in [-0.3, -0.25) is 0 Å². The zero-order chi connectivity index (χ0) is 13.3. The van der Waals surface area contributed by atoms with Crippen LogP contribution in [0.5, 0.6) is 0 Å². The van der Waals surface area contributed by atoms with E-state index in [1.54, 1.807) is 0 Å². The third-order valence-electron chi connectivity index (χ3n) is 2.93. The molecular weight excluding hydrogens is 246 g/mol. The number of hydrogen-bond donors (Lipinski definition) is 2. The van der Waals surface area contributed by atoms with Crippen molar-refractivity contribution in [3.05, 3.63) is 40.8 Å². The average molecular weight is 264 g/mol. The van der Waals surface area contributed by atoms with E-state index in [0.717, 1.165) is 11.3 Å². The second kappa shape index (κ2) is 4.75. The number of H-pyrrole nitrogens is 1. The largest absolute Gasteiger partial charge is 0.331 e. The Balaban J connectivity index is 2.37. The molecule has 96 valence electrons. The number of nitrogens with two attached hydrogens (primary N) is 1. The molecule has 0 fully saturated rings. The fraction of sp³-hybridized carbons (Fsp3) is 0.357. The van der Waals surface area contributed by atoms with E-state index in [1.165, 1.54) is 5.56 Å². The molecule has 2 rings (SSSR count). The van der Waals surface area contributed by atoms with Gasteiger partial charge in [0.25, 0.3) is 0 Å². The van der Waals surface area contributed by atoms with Gasteiger partial charge in [-0.25, -0.2) is 4.98 Å². The Morgan fingerprint density at radius 3 is 2.28 bits per heavy atom. The zero-order valence-electron chi connectivity index (χ0n) is 10.9. The second-order valence-electron chi connectivity index (χ2n) is 5.38. The molecule has 0 radical (unpaired) electrons. The lowest BCUT2D eigenvalue weighted by atomic mass is 9.86. The fourth-order valence-electron chi connectivity index (χ4n) is 1.81. The molecule has 0 bridgehead atoms. The second-order valence-corrected chi connectivity index (χ2v) is 5.76. The summed E-state index contributed by atoms with van der Waals surface area (Å²) in [5.41, 5.74) is 8.74. The summed E-state index contributed by atoms with van der Waals surface area (Å²) in [5, 5.41) is 0.541. The highest BCUT2D eigenvalue weighted by molar-refractivity contribution is 6.31. The van der Waals surface area contributed by atoms with Gasteiger partial charge in [0.1, 0.15) is 16.7 Å². The summed E-state index contributed by atoms with van der Waals surface area (Å²) in [6, 6.07) is 8.32. The first-order chi connectivity index (χ1) is 8.41. The number of aromatic nitrogens is 2. The van der Waals surface area contributed by atoms with Gasteiger partial charge in [0.15, 0.2) is 0 Å². The molecule has 4 heteroatoms. The van der Waals surface area contributed by atoms with Crippen molar-refractivity contribution >= 4 is 11.6 Å². The van der Waals surface area contributed by atoms with E-state index >= 15 is 0 Å². The van der Waals surface area contributed by atoms with Crippen LogP contribution in [-0.4, -0.2) is 9.97 Å². The van der Waals surface area contributed by atoms with Crippen LogP contribution >= 0.6 is 11.6 Å². The number of nitrogens with one attached hydrogen (secondary N) is 1. The Labute approximate surface area is 112 Å². The molecule has 0 spiro atoms.